The molecule has 0 aliphatic heterocycles. The molecule has 2 atom stereocenters. The van der Waals surface area contributed by atoms with Crippen LogP contribution in [0.4, 0.5) is 0 Å². The van der Waals surface area contributed by atoms with Crippen LogP contribution in [-0.2, 0) is 17.8 Å². The number of aliphatic hydroxyl groups is 1. The molecule has 1 unspecified atom stereocenters. The molecule has 9 heteroatoms. The Labute approximate surface area is 229 Å². The number of aliphatic hydroxyl groups excluding tert-OH is 1. The predicted octanol–water partition coefficient (Wildman–Crippen LogP) is 4.93. The highest BCUT2D eigenvalue weighted by Gasteiger charge is 2.18. The van der Waals surface area contributed by atoms with Crippen molar-refractivity contribution in [3.63, 3.8) is 0 Å². The first-order valence-corrected chi connectivity index (χ1v) is 13.3. The van der Waals surface area contributed by atoms with Gasteiger partial charge in [-0.3, -0.25) is 9.59 Å². The molecule has 2 aromatic carbocycles. The van der Waals surface area contributed by atoms with Gasteiger partial charge in [0.05, 0.1) is 22.9 Å². The molecule has 204 valence electrons. The van der Waals surface area contributed by atoms with Crippen LogP contribution in [0.5, 0.6) is 5.75 Å². The van der Waals surface area contributed by atoms with E-state index in [0.29, 0.717) is 29.2 Å². The van der Waals surface area contributed by atoms with E-state index in [1.165, 1.54) is 6.92 Å². The lowest BCUT2D eigenvalue weighted by molar-refractivity contribution is -0.119. The third-order valence-electron chi connectivity index (χ3n) is 6.06. The summed E-state index contributed by atoms with van der Waals surface area (Å²) in [6, 6.07) is 12.5. The van der Waals surface area contributed by atoms with Gasteiger partial charge < -0.3 is 25.0 Å². The minimum absolute atomic E-state index is 0.0239. The standard InChI is InChI=1S/C29H37ClN4O4/c1-6-34-17-26(33-28(34)19(4)31-20(5)36)22-9-7-21(8-10-22)15-24(13-14-35)32-29(37)23-11-12-27(25(30)16-23)38-18(2)3/h7-12,16-19,24,35H,6,13-15H2,1-5H3,(H,31,36)(H,32,37)/t19-,24?/m0/s1. The maximum atomic E-state index is 12.9. The van der Waals surface area contributed by atoms with E-state index in [2.05, 4.69) is 10.6 Å². The molecule has 2 amide bonds. The number of benzene rings is 2. The first kappa shape index (κ1) is 29.2. The Kier molecular flexibility index (Phi) is 10.3. The second-order valence-electron chi connectivity index (χ2n) is 9.59. The van der Waals surface area contributed by atoms with Crippen molar-refractivity contribution in [3.8, 4) is 17.0 Å². The number of hydrogen-bond acceptors (Lipinski definition) is 5. The van der Waals surface area contributed by atoms with E-state index in [9.17, 15) is 14.7 Å². The van der Waals surface area contributed by atoms with Gasteiger partial charge in [-0.1, -0.05) is 35.9 Å². The Morgan fingerprint density at radius 3 is 2.39 bits per heavy atom. The summed E-state index contributed by atoms with van der Waals surface area (Å²) in [6.07, 6.45) is 2.94. The average Bonchev–Trinajstić information content (AvgIpc) is 3.30. The molecule has 1 heterocycles. The van der Waals surface area contributed by atoms with Crippen molar-refractivity contribution in [1.82, 2.24) is 20.2 Å². The van der Waals surface area contributed by atoms with Gasteiger partial charge in [-0.15, -0.1) is 0 Å². The number of halogens is 1. The number of nitrogens with one attached hydrogen (secondary N) is 2. The topological polar surface area (TPSA) is 105 Å². The monoisotopic (exact) mass is 540 g/mol. The number of aryl methyl sites for hydroxylation is 1. The molecule has 0 aliphatic carbocycles. The highest BCUT2D eigenvalue weighted by atomic mass is 35.5. The Bertz CT molecular complexity index is 1240. The molecule has 0 aliphatic rings. The zero-order chi connectivity index (χ0) is 27.8. The molecule has 1 aromatic heterocycles. The molecule has 3 rings (SSSR count). The van der Waals surface area contributed by atoms with Gasteiger partial charge in [0.15, 0.2) is 0 Å². The van der Waals surface area contributed by atoms with Crippen LogP contribution in [0, 0.1) is 0 Å². The lowest BCUT2D eigenvalue weighted by atomic mass is 10.0. The largest absolute Gasteiger partial charge is 0.489 e. The first-order valence-electron chi connectivity index (χ1n) is 12.9. The summed E-state index contributed by atoms with van der Waals surface area (Å²) >= 11 is 6.30. The van der Waals surface area contributed by atoms with Crippen molar-refractivity contribution in [1.29, 1.82) is 0 Å². The van der Waals surface area contributed by atoms with Gasteiger partial charge in [0.2, 0.25) is 5.91 Å². The number of imidazole rings is 1. The first-order chi connectivity index (χ1) is 18.1. The van der Waals surface area contributed by atoms with Gasteiger partial charge in [0.25, 0.3) is 5.91 Å². The Morgan fingerprint density at radius 2 is 1.82 bits per heavy atom. The highest BCUT2D eigenvalue weighted by Crippen LogP contribution is 2.27. The van der Waals surface area contributed by atoms with Crippen LogP contribution in [0.3, 0.4) is 0 Å². The van der Waals surface area contributed by atoms with Crippen molar-refractivity contribution in [2.75, 3.05) is 6.61 Å². The molecule has 3 aromatic rings. The molecule has 0 radical (unpaired) electrons. The number of ether oxygens (including phenoxy) is 1. The van der Waals surface area contributed by atoms with Crippen LogP contribution < -0.4 is 15.4 Å². The van der Waals surface area contributed by atoms with Crippen molar-refractivity contribution in [3.05, 3.63) is 70.6 Å². The summed E-state index contributed by atoms with van der Waals surface area (Å²) in [6.45, 7) is 9.96. The van der Waals surface area contributed by atoms with Crippen molar-refractivity contribution in [2.45, 2.75) is 72.2 Å². The quantitative estimate of drug-likeness (QED) is 0.302. The summed E-state index contributed by atoms with van der Waals surface area (Å²) in [5.41, 5.74) is 3.24. The Hall–Kier alpha value is -3.36. The van der Waals surface area contributed by atoms with Crippen molar-refractivity contribution in [2.24, 2.45) is 0 Å². The number of carbonyl (C=O) groups is 2. The minimum atomic E-state index is -0.260. The predicted molar refractivity (Wildman–Crippen MR) is 149 cm³/mol. The number of nitrogens with zero attached hydrogens (tertiary/aromatic N) is 2. The second kappa shape index (κ2) is 13.4. The number of aromatic nitrogens is 2. The number of rotatable bonds is 12. The summed E-state index contributed by atoms with van der Waals surface area (Å²) in [7, 11) is 0. The highest BCUT2D eigenvalue weighted by molar-refractivity contribution is 6.32. The zero-order valence-electron chi connectivity index (χ0n) is 22.6. The molecular weight excluding hydrogens is 504 g/mol. The van der Waals surface area contributed by atoms with E-state index in [0.717, 1.165) is 29.2 Å². The smallest absolute Gasteiger partial charge is 0.251 e. The molecule has 8 nitrogen and oxygen atoms in total. The van der Waals surface area contributed by atoms with Crippen LogP contribution in [0.1, 0.15) is 68.8 Å². The van der Waals surface area contributed by atoms with Gasteiger partial charge in [-0.25, -0.2) is 4.98 Å². The average molecular weight is 541 g/mol. The SMILES string of the molecule is CCn1cc(-c2ccc(CC(CCO)NC(=O)c3ccc(OC(C)C)c(Cl)c3)cc2)nc1[C@H](C)NC(C)=O. The summed E-state index contributed by atoms with van der Waals surface area (Å²) < 4.78 is 7.67. The molecular formula is C29H37ClN4O4. The van der Waals surface area contributed by atoms with Crippen LogP contribution in [0.2, 0.25) is 5.02 Å². The van der Waals surface area contributed by atoms with Gasteiger partial charge >= 0.3 is 0 Å². The molecule has 0 bridgehead atoms. The van der Waals surface area contributed by atoms with E-state index in [1.807, 2.05) is 62.7 Å². The maximum absolute atomic E-state index is 12.9. The minimum Gasteiger partial charge on any atom is -0.489 e. The van der Waals surface area contributed by atoms with E-state index in [1.54, 1.807) is 18.2 Å². The molecule has 0 spiro atoms. The van der Waals surface area contributed by atoms with E-state index in [-0.39, 0.29) is 36.6 Å². The van der Waals surface area contributed by atoms with E-state index < -0.39 is 0 Å². The van der Waals surface area contributed by atoms with Crippen LogP contribution in [0.25, 0.3) is 11.3 Å². The second-order valence-corrected chi connectivity index (χ2v) is 10.00. The Morgan fingerprint density at radius 1 is 1.11 bits per heavy atom. The zero-order valence-corrected chi connectivity index (χ0v) is 23.4. The van der Waals surface area contributed by atoms with E-state index in [4.69, 9.17) is 21.3 Å². The van der Waals surface area contributed by atoms with Gasteiger partial charge in [-0.2, -0.15) is 0 Å². The van der Waals surface area contributed by atoms with Gasteiger partial charge in [0.1, 0.15) is 11.6 Å². The normalized spacial score (nSPS) is 12.7. The van der Waals surface area contributed by atoms with Gasteiger partial charge in [0, 0.05) is 43.4 Å². The van der Waals surface area contributed by atoms with Crippen molar-refractivity contribution >= 4 is 23.4 Å². The molecule has 0 saturated carbocycles. The van der Waals surface area contributed by atoms with E-state index >= 15 is 0 Å². The fourth-order valence-electron chi connectivity index (χ4n) is 4.28. The third-order valence-corrected chi connectivity index (χ3v) is 6.35. The molecule has 0 saturated heterocycles. The maximum Gasteiger partial charge on any atom is 0.251 e. The molecule has 0 fully saturated rings. The van der Waals surface area contributed by atoms with Gasteiger partial charge in [-0.05, 0) is 64.3 Å². The summed E-state index contributed by atoms with van der Waals surface area (Å²) in [5, 5.41) is 15.9. The van der Waals surface area contributed by atoms with Crippen LogP contribution >= 0.6 is 11.6 Å². The number of amides is 2. The molecule has 3 N–H and O–H groups in total. The summed E-state index contributed by atoms with van der Waals surface area (Å²) in [4.78, 5) is 29.2. The van der Waals surface area contributed by atoms with Crippen LogP contribution in [0.15, 0.2) is 48.7 Å². The Balaban J connectivity index is 1.70. The lowest BCUT2D eigenvalue weighted by Crippen LogP contribution is -2.37. The van der Waals surface area contributed by atoms with Crippen molar-refractivity contribution < 1.29 is 19.4 Å². The molecule has 38 heavy (non-hydrogen) atoms. The number of hydrogen-bond donors (Lipinski definition) is 3. The van der Waals surface area contributed by atoms with Crippen LogP contribution in [-0.4, -0.2) is 45.2 Å². The fourth-order valence-corrected chi connectivity index (χ4v) is 4.50. The number of carbonyl (C=O) groups excluding carboxylic acids is 2. The lowest BCUT2D eigenvalue weighted by Gasteiger charge is -2.19. The summed E-state index contributed by atoms with van der Waals surface area (Å²) in [5.74, 6) is 0.977. The fraction of sp³-hybridized carbons (Fsp3) is 0.414. The third kappa shape index (κ3) is 7.82.